The van der Waals surface area contributed by atoms with Crippen molar-refractivity contribution in [3.63, 3.8) is 0 Å². The maximum Gasteiger partial charge on any atom is 0.420 e. The number of halogens is 6. The lowest BCUT2D eigenvalue weighted by Crippen LogP contribution is -2.37. The van der Waals surface area contributed by atoms with Crippen molar-refractivity contribution in [3.8, 4) is 29.0 Å². The van der Waals surface area contributed by atoms with E-state index in [2.05, 4.69) is 14.9 Å². The Hall–Kier alpha value is -5.38. The highest BCUT2D eigenvalue weighted by molar-refractivity contribution is 7.23. The van der Waals surface area contributed by atoms with Crippen molar-refractivity contribution < 1.29 is 40.6 Å². The van der Waals surface area contributed by atoms with E-state index in [0.29, 0.717) is 81.3 Å². The first kappa shape index (κ1) is 41.9. The van der Waals surface area contributed by atoms with E-state index in [1.165, 1.54) is 0 Å². The number of aromatic nitrogens is 3. The maximum atomic E-state index is 17.8. The number of rotatable bonds is 11. The molecule has 62 heavy (non-hydrogen) atoms. The van der Waals surface area contributed by atoms with Crippen LogP contribution in [0.5, 0.6) is 11.8 Å². The fourth-order valence-corrected chi connectivity index (χ4v) is 10.3. The topological polar surface area (TPSA) is 149 Å². The third-order valence-corrected chi connectivity index (χ3v) is 13.8. The molecule has 0 spiro atoms. The van der Waals surface area contributed by atoms with Crippen LogP contribution < -0.4 is 25.8 Å². The lowest BCUT2D eigenvalue weighted by Gasteiger charge is -2.34. The number of ether oxygens (including phenoxy) is 3. The molecule has 3 fully saturated rings. The molecule has 326 valence electrons. The number of piperidine rings is 1. The monoisotopic (exact) mass is 878 g/mol. The second-order valence-electron chi connectivity index (χ2n) is 16.7. The second-order valence-corrected chi connectivity index (χ2v) is 17.7. The number of pyridine rings is 1. The summed E-state index contributed by atoms with van der Waals surface area (Å²) in [6, 6.07) is 6.50. The van der Waals surface area contributed by atoms with Crippen molar-refractivity contribution in [2.75, 3.05) is 69.0 Å². The van der Waals surface area contributed by atoms with Gasteiger partial charge in [-0.05, 0) is 80.6 Å². The number of nitrogen functional groups attached to an aromatic ring is 2. The van der Waals surface area contributed by atoms with Gasteiger partial charge in [-0.1, -0.05) is 12.1 Å². The minimum absolute atomic E-state index is 0.00983. The van der Waals surface area contributed by atoms with E-state index in [0.717, 1.165) is 49.8 Å². The molecule has 5 aromatic rings. The van der Waals surface area contributed by atoms with Gasteiger partial charge in [0.15, 0.2) is 5.82 Å². The molecule has 1 aliphatic carbocycles. The van der Waals surface area contributed by atoms with E-state index in [4.69, 9.17) is 30.7 Å². The fourth-order valence-electron chi connectivity index (χ4n) is 9.31. The van der Waals surface area contributed by atoms with E-state index in [9.17, 15) is 9.65 Å². The molecule has 9 rings (SSSR count). The lowest BCUT2D eigenvalue weighted by molar-refractivity contribution is -0.138. The molecular formula is C44H44F6N8O3S. The van der Waals surface area contributed by atoms with Crippen molar-refractivity contribution in [2.24, 2.45) is 11.3 Å². The fraction of sp³-hybridized carbons (Fsp3) is 0.455. The Bertz CT molecular complexity index is 2590. The van der Waals surface area contributed by atoms with Gasteiger partial charge in [-0.3, -0.25) is 0 Å². The van der Waals surface area contributed by atoms with Gasteiger partial charge in [0, 0.05) is 61.0 Å². The summed E-state index contributed by atoms with van der Waals surface area (Å²) in [5.41, 5.74) is 10.1. The van der Waals surface area contributed by atoms with Gasteiger partial charge in [0.1, 0.15) is 52.0 Å². The summed E-state index contributed by atoms with van der Waals surface area (Å²) in [7, 11) is 0. The number of fused-ring (bicyclic) bond motifs is 1. The third kappa shape index (κ3) is 7.83. The lowest BCUT2D eigenvalue weighted by atomic mass is 9.89. The number of hydrogen-bond acceptors (Lipinski definition) is 12. The molecular weight excluding hydrogens is 835 g/mol. The van der Waals surface area contributed by atoms with Crippen LogP contribution in [0.3, 0.4) is 0 Å². The molecule has 1 atom stereocenters. The highest BCUT2D eigenvalue weighted by Crippen LogP contribution is 2.54. The Kier molecular flexibility index (Phi) is 11.3. The number of nitriles is 1. The molecule has 11 nitrogen and oxygen atoms in total. The van der Waals surface area contributed by atoms with Crippen LogP contribution in [-0.4, -0.2) is 72.5 Å². The average Bonchev–Trinajstić information content (AvgIpc) is 3.98. The molecule has 1 saturated carbocycles. The number of nitrogens with two attached hydrogens (primary N) is 2. The molecule has 0 amide bonds. The van der Waals surface area contributed by atoms with Crippen LogP contribution in [0.1, 0.15) is 74.1 Å². The summed E-state index contributed by atoms with van der Waals surface area (Å²) in [5.74, 6) is -2.43. The first-order valence-corrected chi connectivity index (χ1v) is 21.6. The summed E-state index contributed by atoms with van der Waals surface area (Å²) < 4.78 is 111. The SMILES string of the molecule is N#Cc1c(N)sc2c(F)ccc(-c3c(C(F)(F)F)c4c5c(nc(OCC6(CN7CCC(=CF)CC7)CC6)nc5c3F)N([C@H](CCC3CCOCC3)c3cccnc3N)CCO4)c12. The van der Waals surface area contributed by atoms with Gasteiger partial charge < -0.3 is 35.5 Å². The summed E-state index contributed by atoms with van der Waals surface area (Å²) >= 11 is 0.684. The quantitative estimate of drug-likeness (QED) is 0.122. The molecule has 2 aromatic carbocycles. The molecule has 0 unspecified atom stereocenters. The number of nitrogens with zero attached hydrogens (tertiary/aromatic N) is 6. The van der Waals surface area contributed by atoms with Crippen molar-refractivity contribution in [1.29, 1.82) is 5.26 Å². The van der Waals surface area contributed by atoms with E-state index in [-0.39, 0.29) is 68.9 Å². The van der Waals surface area contributed by atoms with Crippen LogP contribution in [0, 0.1) is 34.3 Å². The number of alkyl halides is 3. The van der Waals surface area contributed by atoms with Gasteiger partial charge in [0.05, 0.1) is 41.2 Å². The molecule has 18 heteroatoms. The first-order valence-electron chi connectivity index (χ1n) is 20.8. The van der Waals surface area contributed by atoms with Gasteiger partial charge >= 0.3 is 12.2 Å². The van der Waals surface area contributed by atoms with Crippen LogP contribution in [0.25, 0.3) is 32.1 Å². The second kappa shape index (κ2) is 16.7. The van der Waals surface area contributed by atoms with Crippen molar-refractivity contribution in [1.82, 2.24) is 19.9 Å². The number of thiophene rings is 1. The van der Waals surface area contributed by atoms with Crippen molar-refractivity contribution >= 4 is 49.0 Å². The minimum Gasteiger partial charge on any atom is -0.490 e. The van der Waals surface area contributed by atoms with Crippen LogP contribution in [0.15, 0.2) is 42.4 Å². The van der Waals surface area contributed by atoms with Gasteiger partial charge in [-0.2, -0.15) is 28.4 Å². The Morgan fingerprint density at radius 3 is 2.52 bits per heavy atom. The standard InChI is InChI=1S/C44H44F6N8O3S/c45-20-25-7-14-57(15-8-25)22-43(11-12-43)23-61-42-55-36-33-37(34(44(48,49)50)32(35(36)47)27-4-5-29(46)38-31(27)28(21-51)40(53)62-38)60-19-16-58(41(33)56-42)30(26-2-1-13-54-39(26)52)6-3-24-9-17-59-18-10-24/h1-2,4-5,13,20,24,30H,3,6-12,14-19,22-23,53H2,(H2,52,54)/t30-/m1/s1. The van der Waals surface area contributed by atoms with Crippen LogP contribution in [0.4, 0.5) is 43.0 Å². The highest BCUT2D eigenvalue weighted by atomic mass is 32.1. The molecule has 4 aliphatic rings. The van der Waals surface area contributed by atoms with Crippen LogP contribution in [0.2, 0.25) is 0 Å². The smallest absolute Gasteiger partial charge is 0.420 e. The molecule has 3 aromatic heterocycles. The van der Waals surface area contributed by atoms with E-state index < -0.39 is 51.8 Å². The number of hydrogen-bond donors (Lipinski definition) is 2. The Balaban J connectivity index is 1.23. The number of likely N-dealkylation sites (tertiary alicyclic amines) is 1. The summed E-state index contributed by atoms with van der Waals surface area (Å²) in [6.07, 6.45) is 2.78. The molecule has 6 heterocycles. The van der Waals surface area contributed by atoms with E-state index in [1.54, 1.807) is 17.2 Å². The zero-order valence-electron chi connectivity index (χ0n) is 33.7. The van der Waals surface area contributed by atoms with Crippen LogP contribution in [-0.2, 0) is 10.9 Å². The van der Waals surface area contributed by atoms with Crippen LogP contribution >= 0.6 is 11.3 Å². The summed E-state index contributed by atoms with van der Waals surface area (Å²) in [6.45, 7) is 3.15. The zero-order chi connectivity index (χ0) is 43.3. The molecule has 3 aliphatic heterocycles. The average molecular weight is 879 g/mol. The third-order valence-electron chi connectivity index (χ3n) is 12.8. The molecule has 4 N–H and O–H groups in total. The largest absolute Gasteiger partial charge is 0.490 e. The predicted octanol–water partition coefficient (Wildman–Crippen LogP) is 9.49. The highest BCUT2D eigenvalue weighted by Gasteiger charge is 2.47. The Labute approximate surface area is 357 Å². The van der Waals surface area contributed by atoms with Gasteiger partial charge in [0.25, 0.3) is 0 Å². The zero-order valence-corrected chi connectivity index (χ0v) is 34.5. The molecule has 2 saturated heterocycles. The van der Waals surface area contributed by atoms with E-state index >= 15 is 22.0 Å². The van der Waals surface area contributed by atoms with E-state index in [1.807, 2.05) is 12.1 Å². The number of benzene rings is 2. The predicted molar refractivity (Wildman–Crippen MR) is 223 cm³/mol. The maximum absolute atomic E-state index is 17.8. The van der Waals surface area contributed by atoms with Gasteiger partial charge in [0.2, 0.25) is 0 Å². The van der Waals surface area contributed by atoms with Crippen molar-refractivity contribution in [3.05, 3.63) is 70.7 Å². The van der Waals surface area contributed by atoms with Gasteiger partial charge in [-0.25, -0.2) is 18.2 Å². The normalized spacial score (nSPS) is 18.7. The van der Waals surface area contributed by atoms with Crippen molar-refractivity contribution in [2.45, 2.75) is 63.6 Å². The molecule has 0 radical (unpaired) electrons. The Morgan fingerprint density at radius 2 is 1.82 bits per heavy atom. The summed E-state index contributed by atoms with van der Waals surface area (Å²) in [5, 5.41) is 9.36. The first-order chi connectivity index (χ1) is 29.9. The number of anilines is 3. The Morgan fingerprint density at radius 1 is 1.05 bits per heavy atom. The molecule has 0 bridgehead atoms. The summed E-state index contributed by atoms with van der Waals surface area (Å²) in [4.78, 5) is 17.7. The van der Waals surface area contributed by atoms with Gasteiger partial charge in [-0.15, -0.1) is 11.3 Å². The minimum atomic E-state index is -5.24.